The van der Waals surface area contributed by atoms with Crippen LogP contribution >= 0.6 is 0 Å². The van der Waals surface area contributed by atoms with E-state index in [-0.39, 0.29) is 11.4 Å². The highest BCUT2D eigenvalue weighted by molar-refractivity contribution is 6.03. The number of nitro benzene ring substituents is 1. The average Bonchev–Trinajstić information content (AvgIpc) is 2.64. The highest BCUT2D eigenvalue weighted by atomic mass is 19.1. The van der Waals surface area contributed by atoms with Gasteiger partial charge in [0.05, 0.1) is 18.1 Å². The summed E-state index contributed by atoms with van der Waals surface area (Å²) in [4.78, 5) is 32.2. The van der Waals surface area contributed by atoms with Gasteiger partial charge in [0.15, 0.2) is 0 Å². The number of hydrogen-bond acceptors (Lipinski definition) is 7. The zero-order chi connectivity index (χ0) is 17.8. The van der Waals surface area contributed by atoms with Crippen molar-refractivity contribution in [3.8, 4) is 0 Å². The molecule has 1 aromatic carbocycles. The lowest BCUT2D eigenvalue weighted by Gasteiger charge is -2.27. The van der Waals surface area contributed by atoms with Gasteiger partial charge in [-0.15, -0.1) is 0 Å². The van der Waals surface area contributed by atoms with Gasteiger partial charge >= 0.3 is 5.69 Å². The topological polar surface area (TPSA) is 110 Å². The largest absolute Gasteiger partial charge is 0.378 e. The van der Waals surface area contributed by atoms with E-state index in [1.54, 1.807) is 0 Å². The van der Waals surface area contributed by atoms with Crippen LogP contribution in [0.1, 0.15) is 10.5 Å². The van der Waals surface area contributed by atoms with E-state index in [2.05, 4.69) is 15.3 Å². The highest BCUT2D eigenvalue weighted by Gasteiger charge is 2.18. The van der Waals surface area contributed by atoms with Crippen molar-refractivity contribution >= 4 is 23.1 Å². The molecule has 1 aliphatic rings. The Morgan fingerprint density at radius 3 is 2.76 bits per heavy atom. The van der Waals surface area contributed by atoms with E-state index in [1.165, 1.54) is 18.5 Å². The summed E-state index contributed by atoms with van der Waals surface area (Å²) in [7, 11) is 0. The van der Waals surface area contributed by atoms with Crippen molar-refractivity contribution < 1.29 is 18.8 Å². The number of amides is 1. The monoisotopic (exact) mass is 347 g/mol. The van der Waals surface area contributed by atoms with Crippen molar-refractivity contribution in [2.24, 2.45) is 0 Å². The van der Waals surface area contributed by atoms with Crippen LogP contribution < -0.4 is 10.2 Å². The first-order chi connectivity index (χ1) is 12.0. The molecular weight excluding hydrogens is 333 g/mol. The number of nitrogens with zero attached hydrogens (tertiary/aromatic N) is 4. The fourth-order valence-electron chi connectivity index (χ4n) is 2.36. The van der Waals surface area contributed by atoms with E-state index in [9.17, 15) is 19.3 Å². The summed E-state index contributed by atoms with van der Waals surface area (Å²) in [6.07, 6.45) is 1.27. The number of rotatable bonds is 4. The number of carbonyl (C=O) groups excluding carboxylic acids is 1. The van der Waals surface area contributed by atoms with Crippen molar-refractivity contribution in [2.45, 2.75) is 0 Å². The Hall–Kier alpha value is -3.14. The maximum absolute atomic E-state index is 13.3. The van der Waals surface area contributed by atoms with Gasteiger partial charge < -0.3 is 15.0 Å². The normalized spacial score (nSPS) is 14.2. The first-order valence-electron chi connectivity index (χ1n) is 7.44. The van der Waals surface area contributed by atoms with Crippen LogP contribution in [0.15, 0.2) is 30.6 Å². The molecule has 1 amide bonds. The first-order valence-corrected chi connectivity index (χ1v) is 7.44. The smallest absolute Gasteiger partial charge is 0.306 e. The van der Waals surface area contributed by atoms with E-state index in [1.807, 2.05) is 4.90 Å². The van der Waals surface area contributed by atoms with Gasteiger partial charge in [0, 0.05) is 30.9 Å². The third-order valence-electron chi connectivity index (χ3n) is 3.62. The summed E-state index contributed by atoms with van der Waals surface area (Å²) < 4.78 is 18.6. The zero-order valence-corrected chi connectivity index (χ0v) is 13.0. The molecule has 0 atom stereocenters. The lowest BCUT2D eigenvalue weighted by molar-refractivity contribution is -0.387. The molecule has 0 aliphatic carbocycles. The molecule has 0 radical (unpaired) electrons. The van der Waals surface area contributed by atoms with E-state index in [0.29, 0.717) is 32.1 Å². The standard InChI is InChI=1S/C15H14FN5O4/c16-11-2-1-10(7-13(11)21(23)24)19-15(22)12-8-14(18-9-17-12)20-3-5-25-6-4-20/h1-2,7-9H,3-6H2,(H,19,22). The molecule has 1 aliphatic heterocycles. The molecule has 0 unspecified atom stereocenters. The van der Waals surface area contributed by atoms with E-state index < -0.39 is 22.3 Å². The fraction of sp³-hybridized carbons (Fsp3) is 0.267. The van der Waals surface area contributed by atoms with Gasteiger partial charge in [-0.05, 0) is 12.1 Å². The highest BCUT2D eigenvalue weighted by Crippen LogP contribution is 2.22. The second-order valence-corrected chi connectivity index (χ2v) is 5.24. The molecule has 1 N–H and O–H groups in total. The molecule has 130 valence electrons. The molecule has 3 rings (SSSR count). The van der Waals surface area contributed by atoms with Crippen molar-refractivity contribution in [3.05, 3.63) is 52.2 Å². The van der Waals surface area contributed by atoms with Crippen LogP contribution in [0, 0.1) is 15.9 Å². The fourth-order valence-corrected chi connectivity index (χ4v) is 2.36. The van der Waals surface area contributed by atoms with Crippen molar-refractivity contribution in [1.82, 2.24) is 9.97 Å². The zero-order valence-electron chi connectivity index (χ0n) is 13.0. The third-order valence-corrected chi connectivity index (χ3v) is 3.62. The summed E-state index contributed by atoms with van der Waals surface area (Å²) in [6, 6.07) is 4.65. The number of benzene rings is 1. The SMILES string of the molecule is O=C(Nc1ccc(F)c([N+](=O)[O-])c1)c1cc(N2CCOCC2)ncn1. The second-order valence-electron chi connectivity index (χ2n) is 5.24. The minimum absolute atomic E-state index is 0.100. The number of ether oxygens (including phenoxy) is 1. The van der Waals surface area contributed by atoms with Crippen LogP contribution in [0.5, 0.6) is 0 Å². The number of nitro groups is 1. The third kappa shape index (κ3) is 3.86. The molecule has 10 heteroatoms. The van der Waals surface area contributed by atoms with Crippen LogP contribution in [-0.2, 0) is 4.74 Å². The predicted octanol–water partition coefficient (Wildman–Crippen LogP) is 1.61. The van der Waals surface area contributed by atoms with Crippen molar-refractivity contribution in [1.29, 1.82) is 0 Å². The molecule has 25 heavy (non-hydrogen) atoms. The Morgan fingerprint density at radius 1 is 1.28 bits per heavy atom. The Balaban J connectivity index is 1.77. The van der Waals surface area contributed by atoms with Crippen LogP contribution in [0.25, 0.3) is 0 Å². The van der Waals surface area contributed by atoms with Gasteiger partial charge in [-0.2, -0.15) is 4.39 Å². The van der Waals surface area contributed by atoms with Crippen LogP contribution in [0.3, 0.4) is 0 Å². The summed E-state index contributed by atoms with van der Waals surface area (Å²) in [6.45, 7) is 2.46. The minimum atomic E-state index is -0.973. The predicted molar refractivity (Wildman–Crippen MR) is 86.1 cm³/mol. The van der Waals surface area contributed by atoms with E-state index in [0.717, 1.165) is 12.1 Å². The van der Waals surface area contributed by atoms with Gasteiger partial charge in [0.1, 0.15) is 17.8 Å². The Bertz CT molecular complexity index is 810. The number of hydrogen-bond donors (Lipinski definition) is 1. The molecule has 0 bridgehead atoms. The molecule has 0 saturated carbocycles. The first kappa shape index (κ1) is 16.7. The molecular formula is C15H14FN5O4. The lowest BCUT2D eigenvalue weighted by atomic mass is 10.2. The average molecular weight is 347 g/mol. The molecule has 9 nitrogen and oxygen atoms in total. The molecule has 1 aromatic heterocycles. The van der Waals surface area contributed by atoms with E-state index in [4.69, 9.17) is 4.74 Å². The Kier molecular flexibility index (Phi) is 4.80. The molecule has 2 heterocycles. The van der Waals surface area contributed by atoms with Gasteiger partial charge in [0.2, 0.25) is 5.82 Å². The summed E-state index contributed by atoms with van der Waals surface area (Å²) in [5.41, 5.74) is -0.511. The number of halogens is 1. The molecule has 1 saturated heterocycles. The minimum Gasteiger partial charge on any atom is -0.378 e. The summed E-state index contributed by atoms with van der Waals surface area (Å²) >= 11 is 0. The Labute approximate surface area is 141 Å². The van der Waals surface area contributed by atoms with Crippen LogP contribution in [0.2, 0.25) is 0 Å². The summed E-state index contributed by atoms with van der Waals surface area (Å²) in [5.74, 6) is -0.953. The number of morpholine rings is 1. The van der Waals surface area contributed by atoms with Crippen LogP contribution in [0.4, 0.5) is 21.6 Å². The van der Waals surface area contributed by atoms with Gasteiger partial charge in [-0.3, -0.25) is 14.9 Å². The van der Waals surface area contributed by atoms with Crippen LogP contribution in [-0.4, -0.2) is 47.1 Å². The molecule has 2 aromatic rings. The Morgan fingerprint density at radius 2 is 2.04 bits per heavy atom. The van der Waals surface area contributed by atoms with Gasteiger partial charge in [0.25, 0.3) is 5.91 Å². The molecule has 0 spiro atoms. The van der Waals surface area contributed by atoms with E-state index >= 15 is 0 Å². The number of carbonyl (C=O) groups is 1. The number of aromatic nitrogens is 2. The quantitative estimate of drug-likeness (QED) is 0.661. The van der Waals surface area contributed by atoms with Crippen molar-refractivity contribution in [2.75, 3.05) is 36.5 Å². The maximum Gasteiger partial charge on any atom is 0.306 e. The summed E-state index contributed by atoms with van der Waals surface area (Å²) in [5, 5.41) is 13.2. The maximum atomic E-state index is 13.3. The van der Waals surface area contributed by atoms with Gasteiger partial charge in [-0.1, -0.05) is 0 Å². The number of anilines is 2. The number of nitrogens with one attached hydrogen (secondary N) is 1. The molecule has 1 fully saturated rings. The second kappa shape index (κ2) is 7.18. The van der Waals surface area contributed by atoms with Crippen molar-refractivity contribution in [3.63, 3.8) is 0 Å². The lowest BCUT2D eigenvalue weighted by Crippen LogP contribution is -2.37. The van der Waals surface area contributed by atoms with Gasteiger partial charge in [-0.25, -0.2) is 9.97 Å².